The standard InChI is InChI=1S/C20H19N5O/c1-15-9-21-24(11-15)14-20(26)23-18-10-22-25(13-18)12-17-7-4-6-16-5-2-3-8-19(16)17/h2-11,13H,12,14H2,1H3,(H,23,26). The van der Waals surface area contributed by atoms with Crippen LogP contribution in [-0.4, -0.2) is 25.5 Å². The molecule has 0 aliphatic rings. The van der Waals surface area contributed by atoms with E-state index in [9.17, 15) is 4.79 Å². The van der Waals surface area contributed by atoms with E-state index in [1.165, 1.54) is 16.3 Å². The summed E-state index contributed by atoms with van der Waals surface area (Å²) in [6.45, 7) is 2.77. The maximum Gasteiger partial charge on any atom is 0.246 e. The lowest BCUT2D eigenvalue weighted by Crippen LogP contribution is -2.18. The Labute approximate surface area is 151 Å². The van der Waals surface area contributed by atoms with Crippen molar-refractivity contribution in [3.63, 3.8) is 0 Å². The Balaban J connectivity index is 1.45. The second kappa shape index (κ2) is 6.84. The molecule has 0 unspecified atom stereocenters. The van der Waals surface area contributed by atoms with Gasteiger partial charge in [-0.05, 0) is 28.8 Å². The van der Waals surface area contributed by atoms with Gasteiger partial charge in [0.2, 0.25) is 5.91 Å². The SMILES string of the molecule is Cc1cnn(CC(=O)Nc2cnn(Cc3cccc4ccccc34)c2)c1. The van der Waals surface area contributed by atoms with Crippen LogP contribution in [0.2, 0.25) is 0 Å². The van der Waals surface area contributed by atoms with Gasteiger partial charge in [0.1, 0.15) is 6.54 Å². The molecule has 130 valence electrons. The number of hydrogen-bond acceptors (Lipinski definition) is 3. The van der Waals surface area contributed by atoms with E-state index in [4.69, 9.17) is 0 Å². The van der Waals surface area contributed by atoms with Gasteiger partial charge in [0.15, 0.2) is 0 Å². The van der Waals surface area contributed by atoms with Crippen molar-refractivity contribution in [2.75, 3.05) is 5.32 Å². The monoisotopic (exact) mass is 345 g/mol. The molecular formula is C20H19N5O. The van der Waals surface area contributed by atoms with Crippen molar-refractivity contribution in [3.05, 3.63) is 78.4 Å². The normalized spacial score (nSPS) is 11.0. The lowest BCUT2D eigenvalue weighted by atomic mass is 10.0. The molecular weight excluding hydrogens is 326 g/mol. The van der Waals surface area contributed by atoms with Crippen molar-refractivity contribution < 1.29 is 4.79 Å². The first-order valence-corrected chi connectivity index (χ1v) is 8.45. The van der Waals surface area contributed by atoms with E-state index in [0.717, 1.165) is 5.56 Å². The molecule has 6 nitrogen and oxygen atoms in total. The fourth-order valence-corrected chi connectivity index (χ4v) is 3.02. The number of aromatic nitrogens is 4. The zero-order chi connectivity index (χ0) is 17.9. The molecule has 6 heteroatoms. The molecule has 0 saturated heterocycles. The highest BCUT2D eigenvalue weighted by Crippen LogP contribution is 2.19. The smallest absolute Gasteiger partial charge is 0.246 e. The van der Waals surface area contributed by atoms with Crippen LogP contribution in [0.4, 0.5) is 5.69 Å². The first-order valence-electron chi connectivity index (χ1n) is 8.45. The number of benzene rings is 2. The fourth-order valence-electron chi connectivity index (χ4n) is 3.02. The summed E-state index contributed by atoms with van der Waals surface area (Å²) in [4.78, 5) is 12.1. The Morgan fingerprint density at radius 3 is 2.65 bits per heavy atom. The van der Waals surface area contributed by atoms with Gasteiger partial charge in [-0.25, -0.2) is 0 Å². The van der Waals surface area contributed by atoms with Crippen LogP contribution < -0.4 is 5.32 Å². The van der Waals surface area contributed by atoms with Crippen molar-refractivity contribution in [1.82, 2.24) is 19.6 Å². The number of fused-ring (bicyclic) bond motifs is 1. The molecule has 0 spiro atoms. The summed E-state index contributed by atoms with van der Waals surface area (Å²) in [7, 11) is 0. The maximum absolute atomic E-state index is 12.1. The molecule has 1 amide bonds. The van der Waals surface area contributed by atoms with E-state index in [1.807, 2.05) is 36.1 Å². The predicted molar refractivity (Wildman–Crippen MR) is 101 cm³/mol. The second-order valence-electron chi connectivity index (χ2n) is 6.33. The maximum atomic E-state index is 12.1. The van der Waals surface area contributed by atoms with Crippen LogP contribution in [-0.2, 0) is 17.9 Å². The number of carbonyl (C=O) groups excluding carboxylic acids is 1. The summed E-state index contributed by atoms with van der Waals surface area (Å²) in [5, 5.41) is 13.8. The highest BCUT2D eigenvalue weighted by atomic mass is 16.2. The molecule has 2 heterocycles. The van der Waals surface area contributed by atoms with Gasteiger partial charge >= 0.3 is 0 Å². The van der Waals surface area contributed by atoms with E-state index < -0.39 is 0 Å². The van der Waals surface area contributed by atoms with Crippen LogP contribution in [0.1, 0.15) is 11.1 Å². The minimum Gasteiger partial charge on any atom is -0.322 e. The molecule has 0 fully saturated rings. The molecule has 2 aromatic heterocycles. The van der Waals surface area contributed by atoms with E-state index in [2.05, 4.69) is 45.8 Å². The first-order chi connectivity index (χ1) is 12.7. The number of hydrogen-bond donors (Lipinski definition) is 1. The number of carbonyl (C=O) groups is 1. The number of nitrogens with one attached hydrogen (secondary N) is 1. The minimum atomic E-state index is -0.127. The van der Waals surface area contributed by atoms with Gasteiger partial charge in [-0.15, -0.1) is 0 Å². The zero-order valence-corrected chi connectivity index (χ0v) is 14.5. The van der Waals surface area contributed by atoms with E-state index in [0.29, 0.717) is 12.2 Å². The highest BCUT2D eigenvalue weighted by Gasteiger charge is 2.07. The molecule has 0 aliphatic heterocycles. The Bertz CT molecular complexity index is 1060. The van der Waals surface area contributed by atoms with Gasteiger partial charge in [0.25, 0.3) is 0 Å². The predicted octanol–water partition coefficient (Wildman–Crippen LogP) is 3.23. The van der Waals surface area contributed by atoms with Crippen LogP contribution in [0.25, 0.3) is 10.8 Å². The van der Waals surface area contributed by atoms with Crippen molar-refractivity contribution in [1.29, 1.82) is 0 Å². The number of rotatable bonds is 5. The van der Waals surface area contributed by atoms with Gasteiger partial charge in [0.05, 0.1) is 24.6 Å². The Morgan fingerprint density at radius 1 is 1.00 bits per heavy atom. The first kappa shape index (κ1) is 16.1. The number of amides is 1. The van der Waals surface area contributed by atoms with Gasteiger partial charge < -0.3 is 5.32 Å². The third kappa shape index (κ3) is 3.49. The average Bonchev–Trinajstić information content (AvgIpc) is 3.24. The summed E-state index contributed by atoms with van der Waals surface area (Å²) < 4.78 is 3.45. The quantitative estimate of drug-likeness (QED) is 0.604. The van der Waals surface area contributed by atoms with Gasteiger partial charge in [-0.2, -0.15) is 10.2 Å². The average molecular weight is 345 g/mol. The summed E-state index contributed by atoms with van der Waals surface area (Å²) in [6, 6.07) is 14.5. The molecule has 2 aromatic carbocycles. The molecule has 4 rings (SSSR count). The number of anilines is 1. The fraction of sp³-hybridized carbons (Fsp3) is 0.150. The van der Waals surface area contributed by atoms with Crippen molar-refractivity contribution in [2.45, 2.75) is 20.0 Å². The van der Waals surface area contributed by atoms with Crippen LogP contribution in [0.5, 0.6) is 0 Å². The van der Waals surface area contributed by atoms with Crippen molar-refractivity contribution in [2.24, 2.45) is 0 Å². The van der Waals surface area contributed by atoms with E-state index in [1.54, 1.807) is 17.1 Å². The summed E-state index contributed by atoms with van der Waals surface area (Å²) in [6.07, 6.45) is 7.07. The molecule has 1 N–H and O–H groups in total. The van der Waals surface area contributed by atoms with Crippen LogP contribution in [0.3, 0.4) is 0 Å². The molecule has 0 saturated carbocycles. The van der Waals surface area contributed by atoms with Crippen molar-refractivity contribution >= 4 is 22.4 Å². The topological polar surface area (TPSA) is 64.7 Å². The Kier molecular flexibility index (Phi) is 4.23. The summed E-state index contributed by atoms with van der Waals surface area (Å²) in [5.41, 5.74) is 2.90. The van der Waals surface area contributed by atoms with Crippen LogP contribution >= 0.6 is 0 Å². The zero-order valence-electron chi connectivity index (χ0n) is 14.5. The molecule has 0 radical (unpaired) electrons. The highest BCUT2D eigenvalue weighted by molar-refractivity contribution is 5.90. The van der Waals surface area contributed by atoms with E-state index in [-0.39, 0.29) is 12.5 Å². The number of aryl methyl sites for hydroxylation is 1. The third-order valence-electron chi connectivity index (χ3n) is 4.20. The van der Waals surface area contributed by atoms with Gasteiger partial charge in [0, 0.05) is 12.4 Å². The molecule has 0 atom stereocenters. The van der Waals surface area contributed by atoms with Crippen molar-refractivity contribution in [3.8, 4) is 0 Å². The number of nitrogens with zero attached hydrogens (tertiary/aromatic N) is 4. The molecule has 0 bridgehead atoms. The molecule has 4 aromatic rings. The second-order valence-corrected chi connectivity index (χ2v) is 6.33. The van der Waals surface area contributed by atoms with Crippen LogP contribution in [0.15, 0.2) is 67.3 Å². The Morgan fingerprint density at radius 2 is 1.81 bits per heavy atom. The third-order valence-corrected chi connectivity index (χ3v) is 4.20. The molecule has 26 heavy (non-hydrogen) atoms. The van der Waals surface area contributed by atoms with Gasteiger partial charge in [-0.3, -0.25) is 14.2 Å². The minimum absolute atomic E-state index is 0.127. The summed E-state index contributed by atoms with van der Waals surface area (Å²) >= 11 is 0. The van der Waals surface area contributed by atoms with E-state index >= 15 is 0 Å². The lowest BCUT2D eigenvalue weighted by molar-refractivity contribution is -0.116. The lowest BCUT2D eigenvalue weighted by Gasteiger charge is -2.06. The van der Waals surface area contributed by atoms with Gasteiger partial charge in [-0.1, -0.05) is 42.5 Å². The molecule has 0 aliphatic carbocycles. The van der Waals surface area contributed by atoms with Crippen LogP contribution in [0, 0.1) is 6.92 Å². The Hall–Kier alpha value is -3.41. The summed E-state index contributed by atoms with van der Waals surface area (Å²) in [5.74, 6) is -0.127. The largest absolute Gasteiger partial charge is 0.322 e.